The van der Waals surface area contributed by atoms with Crippen LogP contribution in [0.1, 0.15) is 10.4 Å². The zero-order valence-corrected chi connectivity index (χ0v) is 15.8. The SMILES string of the molecule is COc1nc(N2CCN(C(=O)c3ccccc3[N+](=O)[O-])CC2)nc2ccccc12. The van der Waals surface area contributed by atoms with Crippen LogP contribution in [-0.2, 0) is 0 Å². The van der Waals surface area contributed by atoms with Crippen molar-refractivity contribution in [3.05, 3.63) is 64.2 Å². The number of piperazine rings is 1. The number of nitro groups is 1. The maximum absolute atomic E-state index is 12.8. The number of rotatable bonds is 4. The lowest BCUT2D eigenvalue weighted by Crippen LogP contribution is -2.49. The van der Waals surface area contributed by atoms with Crippen LogP contribution in [0.4, 0.5) is 11.6 Å². The van der Waals surface area contributed by atoms with Crippen LogP contribution in [-0.4, -0.2) is 59.0 Å². The summed E-state index contributed by atoms with van der Waals surface area (Å²) in [4.78, 5) is 36.2. The largest absolute Gasteiger partial charge is 0.480 e. The van der Waals surface area contributed by atoms with Gasteiger partial charge in [0.25, 0.3) is 11.6 Å². The number of ether oxygens (including phenoxy) is 1. The number of hydrogen-bond donors (Lipinski definition) is 0. The molecular weight excluding hydrogens is 374 g/mol. The van der Waals surface area contributed by atoms with E-state index in [1.54, 1.807) is 24.1 Å². The Labute approximate surface area is 166 Å². The van der Waals surface area contributed by atoms with Crippen molar-refractivity contribution in [3.8, 4) is 5.88 Å². The second-order valence-electron chi connectivity index (χ2n) is 6.60. The molecule has 1 saturated heterocycles. The number of fused-ring (bicyclic) bond motifs is 1. The highest BCUT2D eigenvalue weighted by Gasteiger charge is 2.28. The van der Waals surface area contributed by atoms with E-state index in [1.165, 1.54) is 12.1 Å². The van der Waals surface area contributed by atoms with Crippen LogP contribution in [0.3, 0.4) is 0 Å². The third-order valence-corrected chi connectivity index (χ3v) is 4.93. The van der Waals surface area contributed by atoms with Crippen LogP contribution < -0.4 is 9.64 Å². The Balaban J connectivity index is 1.52. The van der Waals surface area contributed by atoms with Crippen molar-refractivity contribution < 1.29 is 14.5 Å². The summed E-state index contributed by atoms with van der Waals surface area (Å²) in [5, 5.41) is 12.0. The first-order valence-corrected chi connectivity index (χ1v) is 9.17. The summed E-state index contributed by atoms with van der Waals surface area (Å²) < 4.78 is 5.41. The number of amides is 1. The highest BCUT2D eigenvalue weighted by atomic mass is 16.6. The molecule has 0 N–H and O–H groups in total. The van der Waals surface area contributed by atoms with Gasteiger partial charge in [-0.1, -0.05) is 24.3 Å². The average molecular weight is 393 g/mol. The average Bonchev–Trinajstić information content (AvgIpc) is 2.77. The number of methoxy groups -OCH3 is 1. The van der Waals surface area contributed by atoms with Crippen molar-refractivity contribution in [2.24, 2.45) is 0 Å². The summed E-state index contributed by atoms with van der Waals surface area (Å²) in [6, 6.07) is 13.6. The molecule has 0 spiro atoms. The van der Waals surface area contributed by atoms with E-state index in [-0.39, 0.29) is 17.2 Å². The van der Waals surface area contributed by atoms with Gasteiger partial charge in [0.05, 0.1) is 22.9 Å². The lowest BCUT2D eigenvalue weighted by atomic mass is 10.1. The van der Waals surface area contributed by atoms with Gasteiger partial charge in [-0.3, -0.25) is 14.9 Å². The molecular formula is C20H19N5O4. The van der Waals surface area contributed by atoms with Gasteiger partial charge in [0, 0.05) is 32.2 Å². The third kappa shape index (κ3) is 3.54. The highest BCUT2D eigenvalue weighted by Crippen LogP contribution is 2.26. The van der Waals surface area contributed by atoms with Gasteiger partial charge in [0.2, 0.25) is 11.8 Å². The fraction of sp³-hybridized carbons (Fsp3) is 0.250. The van der Waals surface area contributed by atoms with E-state index in [0.29, 0.717) is 38.0 Å². The van der Waals surface area contributed by atoms with Crippen LogP contribution in [0.15, 0.2) is 48.5 Å². The van der Waals surface area contributed by atoms with E-state index in [1.807, 2.05) is 29.2 Å². The molecule has 9 heteroatoms. The molecule has 29 heavy (non-hydrogen) atoms. The lowest BCUT2D eigenvalue weighted by Gasteiger charge is -2.34. The Morgan fingerprint density at radius 3 is 2.45 bits per heavy atom. The minimum atomic E-state index is -0.529. The monoisotopic (exact) mass is 393 g/mol. The van der Waals surface area contributed by atoms with Gasteiger partial charge in [0.15, 0.2) is 0 Å². The van der Waals surface area contributed by atoms with E-state index in [9.17, 15) is 14.9 Å². The Morgan fingerprint density at radius 1 is 1.03 bits per heavy atom. The minimum absolute atomic E-state index is 0.106. The van der Waals surface area contributed by atoms with Gasteiger partial charge in [-0.15, -0.1) is 0 Å². The molecule has 0 bridgehead atoms. The van der Waals surface area contributed by atoms with Crippen LogP contribution in [0.25, 0.3) is 10.9 Å². The molecule has 9 nitrogen and oxygen atoms in total. The quantitative estimate of drug-likeness (QED) is 0.496. The molecule has 2 aromatic carbocycles. The molecule has 1 fully saturated rings. The Bertz CT molecular complexity index is 1080. The van der Waals surface area contributed by atoms with Gasteiger partial charge in [-0.2, -0.15) is 4.98 Å². The number of hydrogen-bond acceptors (Lipinski definition) is 7. The first-order chi connectivity index (χ1) is 14.1. The first kappa shape index (κ1) is 18.6. The summed E-state index contributed by atoms with van der Waals surface area (Å²) in [7, 11) is 1.57. The number of benzene rings is 2. The number of nitro benzene ring substituents is 1. The third-order valence-electron chi connectivity index (χ3n) is 4.93. The van der Waals surface area contributed by atoms with Crippen LogP contribution >= 0.6 is 0 Å². The van der Waals surface area contributed by atoms with E-state index >= 15 is 0 Å². The Morgan fingerprint density at radius 2 is 1.72 bits per heavy atom. The second kappa shape index (κ2) is 7.70. The number of carbonyl (C=O) groups is 1. The van der Waals surface area contributed by atoms with Crippen molar-refractivity contribution >= 4 is 28.4 Å². The second-order valence-corrected chi connectivity index (χ2v) is 6.60. The normalized spacial score (nSPS) is 14.1. The Hall–Kier alpha value is -3.75. The lowest BCUT2D eigenvalue weighted by molar-refractivity contribution is -0.385. The van der Waals surface area contributed by atoms with E-state index in [0.717, 1.165) is 10.9 Å². The highest BCUT2D eigenvalue weighted by molar-refractivity contribution is 5.98. The van der Waals surface area contributed by atoms with Crippen molar-refractivity contribution in [1.29, 1.82) is 0 Å². The molecule has 2 heterocycles. The first-order valence-electron chi connectivity index (χ1n) is 9.17. The van der Waals surface area contributed by atoms with Crippen LogP contribution in [0, 0.1) is 10.1 Å². The van der Waals surface area contributed by atoms with Crippen molar-refractivity contribution in [1.82, 2.24) is 14.9 Å². The summed E-state index contributed by atoms with van der Waals surface area (Å²) >= 11 is 0. The molecule has 4 rings (SSSR count). The van der Waals surface area contributed by atoms with Gasteiger partial charge >= 0.3 is 0 Å². The fourth-order valence-electron chi connectivity index (χ4n) is 3.43. The van der Waals surface area contributed by atoms with Gasteiger partial charge < -0.3 is 14.5 Å². The molecule has 0 unspecified atom stereocenters. The van der Waals surface area contributed by atoms with Crippen LogP contribution in [0.5, 0.6) is 5.88 Å². The zero-order chi connectivity index (χ0) is 20.4. The number of carbonyl (C=O) groups excluding carboxylic acids is 1. The molecule has 1 aliphatic heterocycles. The standard InChI is InChI=1S/C20H19N5O4/c1-29-18-14-6-2-4-8-16(14)21-20(22-18)24-12-10-23(11-13-24)19(26)15-7-3-5-9-17(15)25(27)28/h2-9H,10-13H2,1H3. The van der Waals surface area contributed by atoms with Crippen molar-refractivity contribution in [3.63, 3.8) is 0 Å². The molecule has 1 aliphatic rings. The number of aromatic nitrogens is 2. The predicted molar refractivity (Wildman–Crippen MR) is 107 cm³/mol. The smallest absolute Gasteiger partial charge is 0.282 e. The summed E-state index contributed by atoms with van der Waals surface area (Å²) in [5.74, 6) is 0.705. The topological polar surface area (TPSA) is 102 Å². The molecule has 0 saturated carbocycles. The number of nitrogens with zero attached hydrogens (tertiary/aromatic N) is 5. The molecule has 1 amide bonds. The van der Waals surface area contributed by atoms with E-state index in [4.69, 9.17) is 4.74 Å². The number of para-hydroxylation sites is 2. The number of anilines is 1. The molecule has 0 aliphatic carbocycles. The summed E-state index contributed by atoms with van der Waals surface area (Å²) in [6.07, 6.45) is 0. The zero-order valence-electron chi connectivity index (χ0n) is 15.8. The maximum atomic E-state index is 12.8. The molecule has 3 aromatic rings. The van der Waals surface area contributed by atoms with Gasteiger partial charge in [-0.25, -0.2) is 4.98 Å². The fourth-order valence-corrected chi connectivity index (χ4v) is 3.43. The summed E-state index contributed by atoms with van der Waals surface area (Å²) in [5.41, 5.74) is 0.713. The molecule has 1 aromatic heterocycles. The van der Waals surface area contributed by atoms with Crippen molar-refractivity contribution in [2.75, 3.05) is 38.2 Å². The van der Waals surface area contributed by atoms with Gasteiger partial charge in [-0.05, 0) is 18.2 Å². The maximum Gasteiger partial charge on any atom is 0.282 e. The molecule has 0 atom stereocenters. The van der Waals surface area contributed by atoms with E-state index in [2.05, 4.69) is 9.97 Å². The summed E-state index contributed by atoms with van der Waals surface area (Å²) in [6.45, 7) is 1.88. The van der Waals surface area contributed by atoms with E-state index < -0.39 is 4.92 Å². The predicted octanol–water partition coefficient (Wildman–Crippen LogP) is 2.51. The minimum Gasteiger partial charge on any atom is -0.480 e. The van der Waals surface area contributed by atoms with Crippen molar-refractivity contribution in [2.45, 2.75) is 0 Å². The molecule has 148 valence electrons. The molecule has 0 radical (unpaired) electrons. The Kier molecular flexibility index (Phi) is 4.94. The van der Waals surface area contributed by atoms with Gasteiger partial charge in [0.1, 0.15) is 5.56 Å². The van der Waals surface area contributed by atoms with Crippen LogP contribution in [0.2, 0.25) is 0 Å².